The Hall–Kier alpha value is -0.380. The molecule has 2 heteroatoms. The van der Waals surface area contributed by atoms with Gasteiger partial charge in [0.1, 0.15) is 0 Å². The lowest BCUT2D eigenvalue weighted by Crippen LogP contribution is -1.88. The standard InChI is InChI=1S/C9H10IN/c1-7-8(2)11-6-4-9(7)3-5-10/h3-6H,1-2H3/b5-3+. The topological polar surface area (TPSA) is 12.9 Å². The van der Waals surface area contributed by atoms with Crippen LogP contribution in [0.4, 0.5) is 0 Å². The van der Waals surface area contributed by atoms with Crippen molar-refractivity contribution in [2.24, 2.45) is 0 Å². The lowest BCUT2D eigenvalue weighted by molar-refractivity contribution is 1.14. The quantitative estimate of drug-likeness (QED) is 0.706. The molecule has 0 saturated heterocycles. The van der Waals surface area contributed by atoms with Crippen molar-refractivity contribution in [3.05, 3.63) is 33.2 Å². The van der Waals surface area contributed by atoms with E-state index in [-0.39, 0.29) is 0 Å². The molecule has 0 fully saturated rings. The molecule has 0 saturated carbocycles. The number of hydrogen-bond donors (Lipinski definition) is 0. The highest BCUT2D eigenvalue weighted by molar-refractivity contribution is 14.1. The molecule has 0 bridgehead atoms. The Morgan fingerprint density at radius 1 is 1.45 bits per heavy atom. The molecule has 0 amide bonds. The van der Waals surface area contributed by atoms with Crippen molar-refractivity contribution in [2.45, 2.75) is 13.8 Å². The molecule has 1 heterocycles. The minimum absolute atomic E-state index is 1.11. The zero-order valence-corrected chi connectivity index (χ0v) is 8.79. The van der Waals surface area contributed by atoms with E-state index in [1.807, 2.05) is 23.3 Å². The van der Waals surface area contributed by atoms with E-state index in [1.54, 1.807) is 0 Å². The van der Waals surface area contributed by atoms with Gasteiger partial charge in [0.15, 0.2) is 0 Å². The van der Waals surface area contributed by atoms with Gasteiger partial charge < -0.3 is 0 Å². The molecule has 0 spiro atoms. The third kappa shape index (κ3) is 2.02. The first kappa shape index (κ1) is 8.71. The summed E-state index contributed by atoms with van der Waals surface area (Å²) in [7, 11) is 0. The molecule has 0 aliphatic heterocycles. The zero-order valence-electron chi connectivity index (χ0n) is 6.63. The van der Waals surface area contributed by atoms with Crippen molar-refractivity contribution >= 4 is 28.7 Å². The number of rotatable bonds is 1. The number of nitrogens with zero attached hydrogens (tertiary/aromatic N) is 1. The van der Waals surface area contributed by atoms with Gasteiger partial charge in [0, 0.05) is 11.9 Å². The summed E-state index contributed by atoms with van der Waals surface area (Å²) in [5.74, 6) is 0. The first-order valence-corrected chi connectivity index (χ1v) is 4.69. The summed E-state index contributed by atoms with van der Waals surface area (Å²) in [6.07, 6.45) is 3.93. The second kappa shape index (κ2) is 3.85. The Kier molecular flexibility index (Phi) is 3.05. The van der Waals surface area contributed by atoms with Gasteiger partial charge in [-0.1, -0.05) is 22.6 Å². The number of aryl methyl sites for hydroxylation is 1. The summed E-state index contributed by atoms with van der Waals surface area (Å²) in [6, 6.07) is 2.03. The van der Waals surface area contributed by atoms with Gasteiger partial charge in [0.05, 0.1) is 0 Å². The van der Waals surface area contributed by atoms with Crippen LogP contribution in [0.3, 0.4) is 0 Å². The summed E-state index contributed by atoms with van der Waals surface area (Å²) in [5, 5.41) is 0. The van der Waals surface area contributed by atoms with Crippen LogP contribution in [-0.2, 0) is 0 Å². The average molecular weight is 259 g/mol. The third-order valence-electron chi connectivity index (χ3n) is 1.74. The van der Waals surface area contributed by atoms with Crippen molar-refractivity contribution in [2.75, 3.05) is 0 Å². The van der Waals surface area contributed by atoms with Gasteiger partial charge in [-0.3, -0.25) is 4.98 Å². The highest BCUT2D eigenvalue weighted by Gasteiger charge is 1.96. The Balaban J connectivity index is 3.16. The minimum Gasteiger partial charge on any atom is -0.261 e. The van der Waals surface area contributed by atoms with Crippen LogP contribution in [0.15, 0.2) is 16.3 Å². The van der Waals surface area contributed by atoms with Gasteiger partial charge in [-0.15, -0.1) is 0 Å². The van der Waals surface area contributed by atoms with Crippen molar-refractivity contribution in [3.63, 3.8) is 0 Å². The summed E-state index contributed by atoms with van der Waals surface area (Å²) < 4.78 is 2.01. The Morgan fingerprint density at radius 2 is 2.18 bits per heavy atom. The third-order valence-corrected chi connectivity index (χ3v) is 2.10. The molecule has 11 heavy (non-hydrogen) atoms. The number of hydrogen-bond acceptors (Lipinski definition) is 1. The predicted molar refractivity (Wildman–Crippen MR) is 56.8 cm³/mol. The minimum atomic E-state index is 1.11. The molecule has 0 N–H and O–H groups in total. The molecule has 1 aromatic heterocycles. The monoisotopic (exact) mass is 259 g/mol. The number of aromatic nitrogens is 1. The van der Waals surface area contributed by atoms with Crippen molar-refractivity contribution in [3.8, 4) is 0 Å². The maximum atomic E-state index is 4.19. The molecule has 1 rings (SSSR count). The number of pyridine rings is 1. The molecule has 0 atom stereocenters. The van der Waals surface area contributed by atoms with Crippen LogP contribution in [-0.4, -0.2) is 4.98 Å². The highest BCUT2D eigenvalue weighted by atomic mass is 127. The van der Waals surface area contributed by atoms with Crippen molar-refractivity contribution in [1.29, 1.82) is 0 Å². The fourth-order valence-corrected chi connectivity index (χ4v) is 1.30. The maximum Gasteiger partial charge on any atom is 0.0407 e. The molecule has 0 aliphatic rings. The van der Waals surface area contributed by atoms with Crippen LogP contribution in [0.1, 0.15) is 16.8 Å². The second-order valence-corrected chi connectivity index (χ2v) is 3.12. The summed E-state index contributed by atoms with van der Waals surface area (Å²) >= 11 is 2.22. The molecule has 0 unspecified atom stereocenters. The van der Waals surface area contributed by atoms with Gasteiger partial charge in [0.25, 0.3) is 0 Å². The van der Waals surface area contributed by atoms with E-state index in [0.29, 0.717) is 0 Å². The first-order chi connectivity index (χ1) is 5.25. The molecule has 0 aromatic carbocycles. The smallest absolute Gasteiger partial charge is 0.0407 e. The lowest BCUT2D eigenvalue weighted by atomic mass is 10.1. The number of halogens is 1. The molecular weight excluding hydrogens is 249 g/mol. The fraction of sp³-hybridized carbons (Fsp3) is 0.222. The molecule has 0 aliphatic carbocycles. The van der Waals surface area contributed by atoms with E-state index in [2.05, 4.69) is 40.6 Å². The summed E-state index contributed by atoms with van der Waals surface area (Å²) in [5.41, 5.74) is 3.63. The Bertz CT molecular complexity index is 279. The van der Waals surface area contributed by atoms with Crippen LogP contribution in [0.2, 0.25) is 0 Å². The lowest BCUT2D eigenvalue weighted by Gasteiger charge is -2.01. The van der Waals surface area contributed by atoms with Gasteiger partial charge >= 0.3 is 0 Å². The molecule has 0 radical (unpaired) electrons. The van der Waals surface area contributed by atoms with Crippen LogP contribution in [0.25, 0.3) is 6.08 Å². The summed E-state index contributed by atoms with van der Waals surface area (Å²) in [4.78, 5) is 4.19. The zero-order chi connectivity index (χ0) is 8.27. The normalized spacial score (nSPS) is 10.8. The predicted octanol–water partition coefficient (Wildman–Crippen LogP) is 3.10. The van der Waals surface area contributed by atoms with E-state index >= 15 is 0 Å². The summed E-state index contributed by atoms with van der Waals surface area (Å²) in [6.45, 7) is 4.12. The highest BCUT2D eigenvalue weighted by Crippen LogP contribution is 2.12. The van der Waals surface area contributed by atoms with E-state index in [4.69, 9.17) is 0 Å². The largest absolute Gasteiger partial charge is 0.261 e. The Labute approximate surface area is 80.7 Å². The van der Waals surface area contributed by atoms with E-state index in [9.17, 15) is 0 Å². The van der Waals surface area contributed by atoms with Gasteiger partial charge in [-0.05, 0) is 41.2 Å². The van der Waals surface area contributed by atoms with Gasteiger partial charge in [-0.25, -0.2) is 0 Å². The van der Waals surface area contributed by atoms with Gasteiger partial charge in [-0.2, -0.15) is 0 Å². The van der Waals surface area contributed by atoms with Gasteiger partial charge in [0.2, 0.25) is 0 Å². The van der Waals surface area contributed by atoms with Crippen LogP contribution < -0.4 is 0 Å². The second-order valence-electron chi connectivity index (χ2n) is 2.40. The molecule has 1 nitrogen and oxygen atoms in total. The van der Waals surface area contributed by atoms with Crippen LogP contribution in [0, 0.1) is 13.8 Å². The van der Waals surface area contributed by atoms with Crippen LogP contribution in [0.5, 0.6) is 0 Å². The Morgan fingerprint density at radius 3 is 2.82 bits per heavy atom. The van der Waals surface area contributed by atoms with E-state index in [1.165, 1.54) is 11.1 Å². The average Bonchev–Trinajstić information content (AvgIpc) is 1.99. The van der Waals surface area contributed by atoms with E-state index in [0.717, 1.165) is 5.69 Å². The maximum absolute atomic E-state index is 4.19. The van der Waals surface area contributed by atoms with Crippen molar-refractivity contribution < 1.29 is 0 Å². The van der Waals surface area contributed by atoms with Crippen LogP contribution >= 0.6 is 22.6 Å². The first-order valence-electron chi connectivity index (χ1n) is 3.44. The fourth-order valence-electron chi connectivity index (χ4n) is 0.909. The molecule has 1 aromatic rings. The van der Waals surface area contributed by atoms with Crippen molar-refractivity contribution in [1.82, 2.24) is 4.98 Å². The SMILES string of the molecule is Cc1nccc(/C=C/I)c1C. The molecule has 58 valence electrons. The molecular formula is C9H10IN. The van der Waals surface area contributed by atoms with E-state index < -0.39 is 0 Å².